The van der Waals surface area contributed by atoms with Gasteiger partial charge in [0.2, 0.25) is 0 Å². The largest absolute Gasteiger partial charge is 0.545 e. The number of quaternary nitrogens is 1. The van der Waals surface area contributed by atoms with E-state index in [1.54, 1.807) is 0 Å². The first-order valence-corrected chi connectivity index (χ1v) is 33.9. The lowest BCUT2D eigenvalue weighted by Crippen LogP contribution is -2.44. The highest BCUT2D eigenvalue weighted by atomic mass is 16.7. The van der Waals surface area contributed by atoms with Crippen molar-refractivity contribution in [3.05, 3.63) is 182 Å². The molecule has 488 valence electrons. The maximum atomic E-state index is 12.9. The predicted molar refractivity (Wildman–Crippen MR) is 370 cm³/mol. The minimum Gasteiger partial charge on any atom is -0.545 e. The molecule has 0 amide bonds. The molecular formula is C78H123NO8. The predicted octanol–water partition coefficient (Wildman–Crippen LogP) is 19.9. The maximum absolute atomic E-state index is 12.9. The number of aliphatic carboxylic acids is 1. The third-order valence-corrected chi connectivity index (χ3v) is 13.6. The molecule has 0 aromatic heterocycles. The van der Waals surface area contributed by atoms with Crippen LogP contribution >= 0.6 is 0 Å². The summed E-state index contributed by atoms with van der Waals surface area (Å²) in [6.45, 7) is 4.45. The minimum absolute atomic E-state index is 0.129. The lowest BCUT2D eigenvalue weighted by molar-refractivity contribution is -0.870. The second-order valence-corrected chi connectivity index (χ2v) is 23.0. The van der Waals surface area contributed by atoms with Crippen LogP contribution in [0.15, 0.2) is 182 Å². The molecule has 9 nitrogen and oxygen atoms in total. The van der Waals surface area contributed by atoms with Crippen molar-refractivity contribution >= 4 is 17.9 Å². The van der Waals surface area contributed by atoms with Crippen LogP contribution in [0.2, 0.25) is 0 Å². The fourth-order valence-corrected chi connectivity index (χ4v) is 8.53. The maximum Gasteiger partial charge on any atom is 0.306 e. The van der Waals surface area contributed by atoms with Crippen LogP contribution < -0.4 is 5.11 Å². The van der Waals surface area contributed by atoms with E-state index in [0.29, 0.717) is 17.4 Å². The van der Waals surface area contributed by atoms with Crippen molar-refractivity contribution in [1.29, 1.82) is 0 Å². The molecule has 0 aliphatic rings. The van der Waals surface area contributed by atoms with Gasteiger partial charge in [0.05, 0.1) is 40.3 Å². The van der Waals surface area contributed by atoms with E-state index in [9.17, 15) is 19.5 Å². The molecule has 0 aromatic carbocycles. The number of rotatable bonds is 60. The number of carboxylic acids is 1. The Morgan fingerprint density at radius 2 is 0.621 bits per heavy atom. The fourth-order valence-electron chi connectivity index (χ4n) is 8.53. The third-order valence-electron chi connectivity index (χ3n) is 13.6. The number of esters is 2. The van der Waals surface area contributed by atoms with Crippen molar-refractivity contribution < 1.29 is 42.9 Å². The summed E-state index contributed by atoms with van der Waals surface area (Å²) in [4.78, 5) is 37.5. The Morgan fingerprint density at radius 1 is 0.345 bits per heavy atom. The van der Waals surface area contributed by atoms with Crippen molar-refractivity contribution in [1.82, 2.24) is 0 Å². The average Bonchev–Trinajstić information content (AvgIpc) is 3.59. The van der Waals surface area contributed by atoms with Crippen LogP contribution in [0, 0.1) is 0 Å². The molecule has 9 heteroatoms. The fraction of sp³-hybridized carbons (Fsp3) is 0.577. The molecule has 0 heterocycles. The van der Waals surface area contributed by atoms with E-state index >= 15 is 0 Å². The number of carboxylic acid groups (broad SMARTS) is 1. The van der Waals surface area contributed by atoms with Crippen molar-refractivity contribution in [2.75, 3.05) is 47.5 Å². The van der Waals surface area contributed by atoms with E-state index in [2.05, 4.69) is 196 Å². The van der Waals surface area contributed by atoms with Gasteiger partial charge in [-0.25, -0.2) is 0 Å². The zero-order chi connectivity index (χ0) is 63.3. The summed E-state index contributed by atoms with van der Waals surface area (Å²) in [5.41, 5.74) is 0. The van der Waals surface area contributed by atoms with Gasteiger partial charge in [-0.15, -0.1) is 0 Å². The normalized spacial score (nSPS) is 13.9. The number of unbranched alkanes of at least 4 members (excludes halogenated alkanes) is 15. The summed E-state index contributed by atoms with van der Waals surface area (Å²) in [7, 11) is 5.90. The SMILES string of the molecule is CC/C=C\C/C=C\C/C=C\C/C=C\C/C=C\C/C=C\C/C=C\C/C=C\C/C=C\C/C=C\CCCCC(=O)OC(COC(=O)CCCCCCCCCCCCCCC/C=C\C/C=C\C/C=C\C/C=C\C/C=C\CC)COC(OCC[N+](C)(C)C)C(=O)[O-]. The molecule has 2 unspecified atom stereocenters. The third kappa shape index (κ3) is 67.8. The topological polar surface area (TPSA) is 111 Å². The lowest BCUT2D eigenvalue weighted by atomic mass is 10.0. The number of carbonyl (C=O) groups excluding carboxylic acids is 3. The summed E-state index contributed by atoms with van der Waals surface area (Å²) >= 11 is 0. The van der Waals surface area contributed by atoms with E-state index in [-0.39, 0.29) is 38.6 Å². The first-order chi connectivity index (χ1) is 42.6. The average molecular weight is 1200 g/mol. The highest BCUT2D eigenvalue weighted by Crippen LogP contribution is 2.15. The Kier molecular flexibility index (Phi) is 62.1. The molecule has 0 aromatic rings. The van der Waals surface area contributed by atoms with Gasteiger partial charge in [-0.3, -0.25) is 9.59 Å². The van der Waals surface area contributed by atoms with Crippen molar-refractivity contribution in [2.45, 2.75) is 245 Å². The Bertz CT molecular complexity index is 2080. The molecule has 0 saturated carbocycles. The van der Waals surface area contributed by atoms with Crippen LogP contribution in [-0.2, 0) is 33.3 Å². The van der Waals surface area contributed by atoms with Crippen molar-refractivity contribution in [2.24, 2.45) is 0 Å². The van der Waals surface area contributed by atoms with Gasteiger partial charge >= 0.3 is 11.9 Å². The van der Waals surface area contributed by atoms with E-state index in [4.69, 9.17) is 18.9 Å². The Balaban J connectivity index is 4.30. The summed E-state index contributed by atoms with van der Waals surface area (Å²) in [5, 5.41) is 11.8. The number of allylic oxidation sites excluding steroid dienone is 30. The van der Waals surface area contributed by atoms with Crippen LogP contribution in [0.5, 0.6) is 0 Å². The van der Waals surface area contributed by atoms with Crippen LogP contribution in [0.25, 0.3) is 0 Å². The second kappa shape index (κ2) is 66.3. The molecule has 0 aliphatic carbocycles. The molecule has 0 N–H and O–H groups in total. The lowest BCUT2D eigenvalue weighted by Gasteiger charge is -2.26. The molecule has 2 atom stereocenters. The number of ether oxygens (including phenoxy) is 4. The quantitative estimate of drug-likeness (QED) is 0.0195. The molecule has 0 saturated heterocycles. The van der Waals surface area contributed by atoms with Gasteiger partial charge in [0, 0.05) is 12.8 Å². The summed E-state index contributed by atoms with van der Waals surface area (Å²) < 4.78 is 22.7. The molecule has 87 heavy (non-hydrogen) atoms. The molecular weight excluding hydrogens is 1080 g/mol. The van der Waals surface area contributed by atoms with Gasteiger partial charge in [0.25, 0.3) is 0 Å². The zero-order valence-corrected chi connectivity index (χ0v) is 55.6. The molecule has 0 spiro atoms. The summed E-state index contributed by atoms with van der Waals surface area (Å²) in [6, 6.07) is 0. The van der Waals surface area contributed by atoms with Gasteiger partial charge in [0.1, 0.15) is 13.2 Å². The van der Waals surface area contributed by atoms with E-state index < -0.39 is 24.3 Å². The van der Waals surface area contributed by atoms with Gasteiger partial charge in [-0.1, -0.05) is 267 Å². The monoisotopic (exact) mass is 1200 g/mol. The smallest absolute Gasteiger partial charge is 0.306 e. The zero-order valence-electron chi connectivity index (χ0n) is 55.6. The van der Waals surface area contributed by atoms with Gasteiger partial charge in [0.15, 0.2) is 12.4 Å². The summed E-state index contributed by atoms with van der Waals surface area (Å²) in [5.74, 6) is -2.36. The number of hydrogen-bond donors (Lipinski definition) is 0. The molecule has 0 bridgehead atoms. The molecule has 0 aliphatic heterocycles. The van der Waals surface area contributed by atoms with Crippen LogP contribution in [0.1, 0.15) is 232 Å². The standard InChI is InChI=1S/C78H123NO8/c1-6-8-10-12-14-16-18-20-22-24-26-28-30-32-34-36-37-38-39-41-43-45-47-49-51-53-55-57-59-61-63-65-67-69-76(81)87-74(73-86-78(77(82)83)84-71-70-79(3,4)5)72-85-75(80)68-66-64-62-60-58-56-54-52-50-48-46-44-42-40-35-33-31-29-27-25-23-21-19-17-15-13-11-9-7-2/h8-11,14-17,20-23,26-29,32-35,37-38,41,43,47,49,53,55,59,61,74,78H,6-7,12-13,18-19,24-25,30-31,36,39-40,42,44-46,48,50-52,54,56-58,60,62-73H2,1-5H3/b10-8-,11-9-,16-14-,17-15-,22-20-,23-21-,28-26-,29-27-,34-32-,35-33-,38-37-,43-41-,49-47-,55-53-,61-59-. The number of hydrogen-bond acceptors (Lipinski definition) is 8. The Morgan fingerprint density at radius 3 is 0.943 bits per heavy atom. The first-order valence-electron chi connectivity index (χ1n) is 33.9. The van der Waals surface area contributed by atoms with E-state index in [1.807, 2.05) is 21.1 Å². The van der Waals surface area contributed by atoms with E-state index in [1.165, 1.54) is 64.2 Å². The highest BCUT2D eigenvalue weighted by Gasteiger charge is 2.22. The highest BCUT2D eigenvalue weighted by molar-refractivity contribution is 5.70. The number of likely N-dealkylation sites (N-methyl/N-ethyl adjacent to an activating group) is 1. The second-order valence-electron chi connectivity index (χ2n) is 23.0. The minimum atomic E-state index is -1.65. The molecule has 0 rings (SSSR count). The van der Waals surface area contributed by atoms with Crippen molar-refractivity contribution in [3.63, 3.8) is 0 Å². The number of nitrogens with zero attached hydrogens (tertiary/aromatic N) is 1. The summed E-state index contributed by atoms with van der Waals surface area (Å²) in [6.07, 6.45) is 98.2. The number of carbonyl (C=O) groups is 3. The van der Waals surface area contributed by atoms with Gasteiger partial charge in [-0.05, 0) is 135 Å². The van der Waals surface area contributed by atoms with Gasteiger partial charge < -0.3 is 33.3 Å². The first kappa shape index (κ1) is 81.4. The molecule has 0 fully saturated rings. The Hall–Kier alpha value is -5.61. The Labute approximate surface area is 532 Å². The van der Waals surface area contributed by atoms with E-state index in [0.717, 1.165) is 135 Å². The molecule has 0 radical (unpaired) electrons. The van der Waals surface area contributed by atoms with Crippen LogP contribution in [0.3, 0.4) is 0 Å². The van der Waals surface area contributed by atoms with Crippen LogP contribution in [-0.4, -0.2) is 82.3 Å². The van der Waals surface area contributed by atoms with Crippen molar-refractivity contribution in [3.8, 4) is 0 Å². The van der Waals surface area contributed by atoms with Gasteiger partial charge in [-0.2, -0.15) is 0 Å². The van der Waals surface area contributed by atoms with Crippen LogP contribution in [0.4, 0.5) is 0 Å².